The highest BCUT2D eigenvalue weighted by Crippen LogP contribution is 2.32. The van der Waals surface area contributed by atoms with Gasteiger partial charge in [-0.2, -0.15) is 0 Å². The monoisotopic (exact) mass is 686 g/mol. The Hall–Kier alpha value is -5.90. The summed E-state index contributed by atoms with van der Waals surface area (Å²) in [5.41, 5.74) is 9.31. The van der Waals surface area contributed by atoms with Crippen LogP contribution in [0.5, 0.6) is 17.2 Å². The van der Waals surface area contributed by atoms with Gasteiger partial charge < -0.3 is 34.4 Å². The number of aryl methyl sites for hydroxylation is 1. The minimum atomic E-state index is -0.187. The van der Waals surface area contributed by atoms with Gasteiger partial charge in [-0.3, -0.25) is 9.59 Å². The number of aromatic nitrogens is 2. The average molecular weight is 687 g/mol. The highest BCUT2D eigenvalue weighted by Gasteiger charge is 2.09. The van der Waals surface area contributed by atoms with Gasteiger partial charge in [-0.05, 0) is 95.1 Å². The van der Waals surface area contributed by atoms with Gasteiger partial charge in [0.25, 0.3) is 0 Å². The number of ether oxygens (including phenoxy) is 3. The molecule has 262 valence electrons. The highest BCUT2D eigenvalue weighted by molar-refractivity contribution is 5.73. The molecule has 4 aromatic carbocycles. The van der Waals surface area contributed by atoms with Crippen LogP contribution in [0.3, 0.4) is 0 Å². The van der Waals surface area contributed by atoms with Crippen LogP contribution in [0.15, 0.2) is 119 Å². The molecule has 6 aromatic rings. The first-order valence-corrected chi connectivity index (χ1v) is 16.5. The molecule has 0 radical (unpaired) electrons. The number of hydrogen-bond acceptors (Lipinski definition) is 7. The quantitative estimate of drug-likeness (QED) is 0.111. The lowest BCUT2D eigenvalue weighted by atomic mass is 10.0. The van der Waals surface area contributed by atoms with Crippen molar-refractivity contribution in [2.24, 2.45) is 0 Å². The molecule has 9 nitrogen and oxygen atoms in total. The Morgan fingerprint density at radius 1 is 0.510 bits per heavy atom. The largest absolute Gasteiger partial charge is 0.508 e. The van der Waals surface area contributed by atoms with Gasteiger partial charge in [0, 0.05) is 48.9 Å². The fourth-order valence-electron chi connectivity index (χ4n) is 5.52. The number of benzene rings is 4. The third-order valence-corrected chi connectivity index (χ3v) is 8.46. The van der Waals surface area contributed by atoms with Crippen LogP contribution in [-0.2, 0) is 22.3 Å². The fraction of sp³-hybridized carbons (Fsp3) is 0.190. The standard InChI is InChI=1S/C21H21NO4.C21H21NO3/c1-25-10-9-14-3-5-15(6-4-14)17-11-18(22-21(24)13-17)16-7-8-19(23)20(12-16)26-2;1-14-3-6-17(12-20(14)23)19-11-18(13-21(24)22-19)16-7-4-15(5-8-16)9-10-25-2/h3-8,11-13,23H,9-10H2,1-2H3,(H,22,24);3-8,11-13,23H,9-10H2,1-2H3,(H,22,24). The lowest BCUT2D eigenvalue weighted by Gasteiger charge is -2.09. The number of methoxy groups -OCH3 is 3. The van der Waals surface area contributed by atoms with Gasteiger partial charge in [0.05, 0.1) is 20.3 Å². The molecule has 9 heteroatoms. The molecule has 0 fully saturated rings. The summed E-state index contributed by atoms with van der Waals surface area (Å²) in [6.45, 7) is 3.20. The van der Waals surface area contributed by atoms with Crippen LogP contribution >= 0.6 is 0 Å². The molecule has 0 aliphatic heterocycles. The van der Waals surface area contributed by atoms with E-state index < -0.39 is 0 Å². The predicted octanol–water partition coefficient (Wildman–Crippen LogP) is 7.52. The zero-order valence-corrected chi connectivity index (χ0v) is 29.2. The Bertz CT molecular complexity index is 2190. The zero-order chi connectivity index (χ0) is 36.3. The van der Waals surface area contributed by atoms with Crippen molar-refractivity contribution in [1.29, 1.82) is 0 Å². The second kappa shape index (κ2) is 17.2. The molecule has 6 rings (SSSR count). The summed E-state index contributed by atoms with van der Waals surface area (Å²) in [5.74, 6) is 0.629. The third-order valence-electron chi connectivity index (χ3n) is 8.46. The molecule has 0 saturated carbocycles. The van der Waals surface area contributed by atoms with Crippen molar-refractivity contribution < 1.29 is 24.4 Å². The molecule has 4 N–H and O–H groups in total. The van der Waals surface area contributed by atoms with Crippen molar-refractivity contribution in [1.82, 2.24) is 9.97 Å². The smallest absolute Gasteiger partial charge is 0.249 e. The molecule has 0 atom stereocenters. The maximum absolute atomic E-state index is 12.1. The topological polar surface area (TPSA) is 134 Å². The summed E-state index contributed by atoms with van der Waals surface area (Å²) >= 11 is 0. The zero-order valence-electron chi connectivity index (χ0n) is 29.2. The van der Waals surface area contributed by atoms with Gasteiger partial charge in [0.1, 0.15) is 5.75 Å². The first-order valence-electron chi connectivity index (χ1n) is 16.5. The lowest BCUT2D eigenvalue weighted by molar-refractivity contribution is 0.202. The number of phenols is 2. The number of aromatic hydroxyl groups is 2. The van der Waals surface area contributed by atoms with E-state index in [1.165, 1.54) is 18.2 Å². The van der Waals surface area contributed by atoms with E-state index in [0.29, 0.717) is 30.4 Å². The molecule has 0 bridgehead atoms. The Kier molecular flexibility index (Phi) is 12.2. The number of aromatic amines is 2. The van der Waals surface area contributed by atoms with Gasteiger partial charge in [0.15, 0.2) is 11.5 Å². The predicted molar refractivity (Wildman–Crippen MR) is 202 cm³/mol. The van der Waals surface area contributed by atoms with Crippen molar-refractivity contribution in [3.05, 3.63) is 147 Å². The van der Waals surface area contributed by atoms with Gasteiger partial charge in [0.2, 0.25) is 11.1 Å². The van der Waals surface area contributed by atoms with Crippen molar-refractivity contribution in [3.8, 4) is 62.0 Å². The van der Waals surface area contributed by atoms with Crippen LogP contribution in [-0.4, -0.2) is 54.7 Å². The van der Waals surface area contributed by atoms with Crippen LogP contribution in [0.25, 0.3) is 44.8 Å². The van der Waals surface area contributed by atoms with E-state index in [4.69, 9.17) is 14.2 Å². The Balaban J connectivity index is 0.000000198. The second-order valence-electron chi connectivity index (χ2n) is 12.1. The molecule has 0 spiro atoms. The maximum atomic E-state index is 12.1. The van der Waals surface area contributed by atoms with E-state index >= 15 is 0 Å². The molecule has 0 aliphatic carbocycles. The fourth-order valence-corrected chi connectivity index (χ4v) is 5.52. The number of hydrogen-bond donors (Lipinski definition) is 4. The van der Waals surface area contributed by atoms with Gasteiger partial charge in [-0.1, -0.05) is 60.7 Å². The molecule has 0 amide bonds. The van der Waals surface area contributed by atoms with E-state index in [0.717, 1.165) is 51.8 Å². The summed E-state index contributed by atoms with van der Waals surface area (Å²) < 4.78 is 15.3. The lowest BCUT2D eigenvalue weighted by Crippen LogP contribution is -2.06. The van der Waals surface area contributed by atoms with Crippen LogP contribution in [0, 0.1) is 6.92 Å². The molecular weight excluding hydrogens is 644 g/mol. The maximum Gasteiger partial charge on any atom is 0.249 e. The Labute approximate surface area is 296 Å². The van der Waals surface area contributed by atoms with E-state index in [9.17, 15) is 19.8 Å². The van der Waals surface area contributed by atoms with Crippen LogP contribution < -0.4 is 15.9 Å². The molecule has 0 aliphatic rings. The summed E-state index contributed by atoms with van der Waals surface area (Å²) in [4.78, 5) is 29.9. The van der Waals surface area contributed by atoms with E-state index in [2.05, 4.69) is 9.97 Å². The molecule has 2 aromatic heterocycles. The highest BCUT2D eigenvalue weighted by atomic mass is 16.5. The normalized spacial score (nSPS) is 10.7. The van der Waals surface area contributed by atoms with Crippen LogP contribution in [0.4, 0.5) is 0 Å². The number of H-pyrrole nitrogens is 2. The number of nitrogens with one attached hydrogen (secondary N) is 2. The second-order valence-corrected chi connectivity index (χ2v) is 12.1. The van der Waals surface area contributed by atoms with Gasteiger partial charge in [-0.15, -0.1) is 0 Å². The minimum Gasteiger partial charge on any atom is -0.508 e. The molecule has 0 saturated heterocycles. The summed E-state index contributed by atoms with van der Waals surface area (Å²) in [6.07, 6.45) is 1.71. The molecule has 51 heavy (non-hydrogen) atoms. The first-order chi connectivity index (χ1) is 24.7. The van der Waals surface area contributed by atoms with Crippen molar-refractivity contribution >= 4 is 0 Å². The molecular formula is C42H42N2O7. The Morgan fingerprint density at radius 2 is 0.961 bits per heavy atom. The van der Waals surface area contributed by atoms with E-state index in [1.807, 2.05) is 79.7 Å². The SMILES string of the molecule is COCCc1ccc(-c2cc(-c3ccc(C)c(O)c3)[nH]c(=O)c2)cc1.COCCc1ccc(-c2cc(-c3ccc(O)c(OC)c3)[nH]c(=O)c2)cc1. The minimum absolute atomic E-state index is 0.0569. The van der Waals surface area contributed by atoms with Crippen molar-refractivity contribution in [3.63, 3.8) is 0 Å². The van der Waals surface area contributed by atoms with Gasteiger partial charge >= 0.3 is 0 Å². The summed E-state index contributed by atoms with van der Waals surface area (Å²) in [5, 5.41) is 19.7. The molecule has 0 unspecified atom stereocenters. The number of phenolic OH excluding ortho intramolecular Hbond substituents is 2. The van der Waals surface area contributed by atoms with Crippen LogP contribution in [0.1, 0.15) is 16.7 Å². The van der Waals surface area contributed by atoms with Crippen molar-refractivity contribution in [2.75, 3.05) is 34.5 Å². The summed E-state index contributed by atoms with van der Waals surface area (Å²) in [7, 11) is 4.86. The Morgan fingerprint density at radius 3 is 1.41 bits per heavy atom. The first kappa shape index (κ1) is 36.4. The number of rotatable bonds is 11. The van der Waals surface area contributed by atoms with Gasteiger partial charge in [-0.25, -0.2) is 0 Å². The summed E-state index contributed by atoms with van der Waals surface area (Å²) in [6, 6.07) is 33.6. The van der Waals surface area contributed by atoms with Crippen LogP contribution in [0.2, 0.25) is 0 Å². The number of pyridine rings is 2. The molecule has 2 heterocycles. The third kappa shape index (κ3) is 9.63. The van der Waals surface area contributed by atoms with Crippen molar-refractivity contribution in [2.45, 2.75) is 19.8 Å². The van der Waals surface area contributed by atoms with E-state index in [1.54, 1.807) is 50.6 Å². The van der Waals surface area contributed by atoms with E-state index in [-0.39, 0.29) is 22.6 Å². The average Bonchev–Trinajstić information content (AvgIpc) is 3.14.